The van der Waals surface area contributed by atoms with Crippen molar-refractivity contribution in [3.63, 3.8) is 0 Å². The van der Waals surface area contributed by atoms with E-state index in [-0.39, 0.29) is 17.9 Å². The molecule has 2 aromatic rings. The van der Waals surface area contributed by atoms with Crippen molar-refractivity contribution >= 4 is 11.7 Å². The fourth-order valence-electron chi connectivity index (χ4n) is 6.20. The van der Waals surface area contributed by atoms with E-state index in [4.69, 9.17) is 0 Å². The molecule has 158 valence electrons. The predicted molar refractivity (Wildman–Crippen MR) is 125 cm³/mol. The summed E-state index contributed by atoms with van der Waals surface area (Å²) in [5, 5.41) is 9.45. The summed E-state index contributed by atoms with van der Waals surface area (Å²) in [6.45, 7) is 5.20. The van der Waals surface area contributed by atoms with E-state index in [9.17, 15) is 9.90 Å². The summed E-state index contributed by atoms with van der Waals surface area (Å²) in [5.41, 5.74) is 8.12. The van der Waals surface area contributed by atoms with Gasteiger partial charge in [0.2, 0.25) is 0 Å². The second-order valence-corrected chi connectivity index (χ2v) is 9.41. The van der Waals surface area contributed by atoms with Gasteiger partial charge in [0.25, 0.3) is 0 Å². The second kappa shape index (κ2) is 7.64. The van der Waals surface area contributed by atoms with E-state index in [1.54, 1.807) is 0 Å². The quantitative estimate of drug-likeness (QED) is 0.601. The smallest absolute Gasteiger partial charge is 0.309 e. The third-order valence-electron chi connectivity index (χ3n) is 7.72. The van der Waals surface area contributed by atoms with E-state index >= 15 is 0 Å². The zero-order chi connectivity index (χ0) is 21.6. The lowest BCUT2D eigenvalue weighted by atomic mass is 9.62. The van der Waals surface area contributed by atoms with Crippen molar-refractivity contribution in [2.75, 3.05) is 6.54 Å². The van der Waals surface area contributed by atoms with Crippen LogP contribution in [0.2, 0.25) is 0 Å². The molecule has 1 aliphatic heterocycles. The molecule has 0 fully saturated rings. The summed E-state index contributed by atoms with van der Waals surface area (Å²) in [6, 6.07) is 17.7. The molecule has 0 radical (unpaired) electrons. The maximum atomic E-state index is 11.5. The van der Waals surface area contributed by atoms with Crippen LogP contribution in [0.1, 0.15) is 62.6 Å². The summed E-state index contributed by atoms with van der Waals surface area (Å²) in [4.78, 5) is 11.5. The highest BCUT2D eigenvalue weighted by Gasteiger charge is 2.59. The molecule has 0 bridgehead atoms. The fourth-order valence-corrected chi connectivity index (χ4v) is 6.20. The van der Waals surface area contributed by atoms with Gasteiger partial charge in [0.1, 0.15) is 6.42 Å². The van der Waals surface area contributed by atoms with Crippen LogP contribution in [0.15, 0.2) is 72.3 Å². The van der Waals surface area contributed by atoms with Crippen molar-refractivity contribution in [2.24, 2.45) is 5.41 Å². The molecule has 3 unspecified atom stereocenters. The largest absolute Gasteiger partial charge is 0.481 e. The molecule has 0 aromatic heterocycles. The summed E-state index contributed by atoms with van der Waals surface area (Å²) >= 11 is 0. The minimum absolute atomic E-state index is 0.0518. The lowest BCUT2D eigenvalue weighted by Crippen LogP contribution is -2.32. The monoisotopic (exact) mass is 412 g/mol. The van der Waals surface area contributed by atoms with Crippen LogP contribution >= 0.6 is 0 Å². The minimum Gasteiger partial charge on any atom is -0.481 e. The molecule has 2 aromatic carbocycles. The van der Waals surface area contributed by atoms with Crippen molar-refractivity contribution in [3.8, 4) is 11.1 Å². The van der Waals surface area contributed by atoms with Gasteiger partial charge in [0.05, 0.1) is 11.3 Å². The first-order valence-corrected chi connectivity index (χ1v) is 11.4. The van der Waals surface area contributed by atoms with Crippen LogP contribution in [0.3, 0.4) is 0 Å². The number of fused-ring (bicyclic) bond motifs is 6. The minimum atomic E-state index is -0.734. The molecule has 0 spiro atoms. The van der Waals surface area contributed by atoms with Gasteiger partial charge in [-0.25, -0.2) is 4.58 Å². The van der Waals surface area contributed by atoms with Gasteiger partial charge in [-0.3, -0.25) is 4.79 Å². The number of aliphatic carboxylic acids is 1. The third-order valence-corrected chi connectivity index (χ3v) is 7.72. The number of benzene rings is 2. The Morgan fingerprint density at radius 2 is 1.77 bits per heavy atom. The van der Waals surface area contributed by atoms with Crippen LogP contribution < -0.4 is 0 Å². The van der Waals surface area contributed by atoms with Crippen molar-refractivity contribution < 1.29 is 14.5 Å². The summed E-state index contributed by atoms with van der Waals surface area (Å²) in [7, 11) is 0. The molecule has 3 aliphatic rings. The standard InChI is InChI=1S/C28H29NO2/c1-19-28(2,18-20-10-4-3-5-11-20)26-23-14-8-6-12-21(23)22-13-7-9-15-24(22)27(26)29(19)17-16-25(30)31/h3-4,6-10,12-15,26-27H,5,11,16-18H2,1-2H3/p+1. The number of carboxylic acid groups (broad SMARTS) is 1. The molecule has 0 saturated heterocycles. The van der Waals surface area contributed by atoms with Crippen LogP contribution in [0.5, 0.6) is 0 Å². The molecule has 3 nitrogen and oxygen atoms in total. The third kappa shape index (κ3) is 3.18. The van der Waals surface area contributed by atoms with Gasteiger partial charge in [0.15, 0.2) is 18.3 Å². The molecule has 2 aliphatic carbocycles. The summed E-state index contributed by atoms with van der Waals surface area (Å²) in [6.07, 6.45) is 10.1. The average Bonchev–Trinajstić information content (AvgIpc) is 3.00. The highest BCUT2D eigenvalue weighted by Crippen LogP contribution is 2.60. The lowest BCUT2D eigenvalue weighted by Gasteiger charge is -2.37. The number of rotatable bonds is 5. The molecular weight excluding hydrogens is 382 g/mol. The van der Waals surface area contributed by atoms with Gasteiger partial charge in [-0.15, -0.1) is 0 Å². The van der Waals surface area contributed by atoms with Gasteiger partial charge >= 0.3 is 5.97 Å². The number of nitrogens with zero attached hydrogens (tertiary/aromatic N) is 1. The van der Waals surface area contributed by atoms with Crippen molar-refractivity contribution in [1.82, 2.24) is 0 Å². The van der Waals surface area contributed by atoms with E-state index in [0.717, 1.165) is 19.3 Å². The molecule has 3 atom stereocenters. The first-order chi connectivity index (χ1) is 15.0. The predicted octanol–water partition coefficient (Wildman–Crippen LogP) is 6.13. The highest BCUT2D eigenvalue weighted by molar-refractivity contribution is 5.89. The van der Waals surface area contributed by atoms with Crippen LogP contribution in [0.25, 0.3) is 11.1 Å². The Kier molecular flexibility index (Phi) is 4.92. The van der Waals surface area contributed by atoms with E-state index in [0.29, 0.717) is 12.5 Å². The molecule has 0 amide bonds. The zero-order valence-electron chi connectivity index (χ0n) is 18.3. The number of allylic oxidation sites excluding steroid dienone is 4. The first kappa shape index (κ1) is 20.0. The van der Waals surface area contributed by atoms with Crippen molar-refractivity contribution in [3.05, 3.63) is 83.5 Å². The molecule has 3 heteroatoms. The van der Waals surface area contributed by atoms with Gasteiger partial charge in [0, 0.05) is 12.5 Å². The lowest BCUT2D eigenvalue weighted by molar-refractivity contribution is -0.566. The fraction of sp³-hybridized carbons (Fsp3) is 0.357. The van der Waals surface area contributed by atoms with Gasteiger partial charge in [-0.05, 0) is 42.9 Å². The number of carbonyl (C=O) groups is 1. The molecule has 1 N–H and O–H groups in total. The number of hydrogen-bond donors (Lipinski definition) is 1. The zero-order valence-corrected chi connectivity index (χ0v) is 18.3. The normalized spacial score (nSPS) is 26.2. The number of carboxylic acids is 1. The topological polar surface area (TPSA) is 40.3 Å². The Morgan fingerprint density at radius 1 is 1.10 bits per heavy atom. The molecule has 31 heavy (non-hydrogen) atoms. The first-order valence-electron chi connectivity index (χ1n) is 11.4. The Labute approximate surface area is 184 Å². The van der Waals surface area contributed by atoms with E-state index in [2.05, 4.69) is 85.2 Å². The Morgan fingerprint density at radius 3 is 2.45 bits per heavy atom. The van der Waals surface area contributed by atoms with Crippen LogP contribution in [-0.2, 0) is 4.79 Å². The van der Waals surface area contributed by atoms with Gasteiger partial charge in [-0.2, -0.15) is 0 Å². The Hall–Kier alpha value is -2.94. The molecule has 0 saturated carbocycles. The van der Waals surface area contributed by atoms with Crippen molar-refractivity contribution in [1.29, 1.82) is 0 Å². The van der Waals surface area contributed by atoms with Gasteiger partial charge in [-0.1, -0.05) is 72.3 Å². The van der Waals surface area contributed by atoms with Crippen LogP contribution in [0, 0.1) is 5.41 Å². The number of hydrogen-bond acceptors (Lipinski definition) is 1. The molecule has 1 heterocycles. The van der Waals surface area contributed by atoms with Crippen LogP contribution in [0.4, 0.5) is 0 Å². The summed E-state index contributed by atoms with van der Waals surface area (Å²) in [5.74, 6) is -0.429. The van der Waals surface area contributed by atoms with Gasteiger partial charge < -0.3 is 5.11 Å². The summed E-state index contributed by atoms with van der Waals surface area (Å²) < 4.78 is 2.41. The maximum absolute atomic E-state index is 11.5. The average molecular weight is 413 g/mol. The van der Waals surface area contributed by atoms with E-state index < -0.39 is 5.97 Å². The Balaban J connectivity index is 1.70. The maximum Gasteiger partial charge on any atom is 0.309 e. The van der Waals surface area contributed by atoms with Crippen LogP contribution in [-0.4, -0.2) is 27.9 Å². The highest BCUT2D eigenvalue weighted by atomic mass is 16.4. The van der Waals surface area contributed by atoms with E-state index in [1.807, 2.05) is 0 Å². The Bertz CT molecular complexity index is 1140. The molecular formula is C28H30NO2+. The van der Waals surface area contributed by atoms with Crippen molar-refractivity contribution in [2.45, 2.75) is 51.5 Å². The molecule has 5 rings (SSSR count). The van der Waals surface area contributed by atoms with E-state index in [1.165, 1.54) is 33.5 Å². The second-order valence-electron chi connectivity index (χ2n) is 9.41. The SMILES string of the molecule is CC1=[N+](CCC(=O)O)C2c3ccccc3-c3ccccc3C2C1(C)CC1=CC=CCC1.